The summed E-state index contributed by atoms with van der Waals surface area (Å²) in [6, 6.07) is 1.99. The lowest BCUT2D eigenvalue weighted by Crippen LogP contribution is -2.38. The molecule has 3 heteroatoms. The zero-order chi connectivity index (χ0) is 11.4. The summed E-state index contributed by atoms with van der Waals surface area (Å²) in [4.78, 5) is 2.54. The van der Waals surface area contributed by atoms with Crippen molar-refractivity contribution in [3.8, 4) is 0 Å². The van der Waals surface area contributed by atoms with Crippen LogP contribution in [0.5, 0.6) is 0 Å². The molecule has 0 bridgehead atoms. The van der Waals surface area contributed by atoms with Crippen LogP contribution in [0.15, 0.2) is 0 Å². The zero-order valence-electron chi connectivity index (χ0n) is 10.6. The van der Waals surface area contributed by atoms with Gasteiger partial charge in [-0.1, -0.05) is 12.8 Å². The minimum absolute atomic E-state index is 0.449. The van der Waals surface area contributed by atoms with E-state index in [0.29, 0.717) is 12.1 Å². The molecular formula is C13H27N3. The van der Waals surface area contributed by atoms with Crippen LogP contribution in [0.3, 0.4) is 0 Å². The smallest absolute Gasteiger partial charge is 0.0107 e. The van der Waals surface area contributed by atoms with E-state index in [9.17, 15) is 0 Å². The molecule has 0 saturated heterocycles. The Morgan fingerprint density at radius 2 is 1.94 bits per heavy atom. The van der Waals surface area contributed by atoms with E-state index < -0.39 is 0 Å². The van der Waals surface area contributed by atoms with Gasteiger partial charge in [0.05, 0.1) is 0 Å². The van der Waals surface area contributed by atoms with Crippen molar-refractivity contribution in [1.82, 2.24) is 10.2 Å². The first-order valence-corrected chi connectivity index (χ1v) is 6.95. The third kappa shape index (κ3) is 3.44. The molecule has 2 saturated carbocycles. The summed E-state index contributed by atoms with van der Waals surface area (Å²) in [6.07, 6.45) is 9.33. The van der Waals surface area contributed by atoms with Gasteiger partial charge in [-0.25, -0.2) is 0 Å². The molecule has 2 aliphatic rings. The molecule has 0 radical (unpaired) electrons. The highest BCUT2D eigenvalue weighted by Gasteiger charge is 2.22. The van der Waals surface area contributed by atoms with Crippen LogP contribution in [0.25, 0.3) is 0 Å². The van der Waals surface area contributed by atoms with Gasteiger partial charge in [-0.3, -0.25) is 0 Å². The fourth-order valence-electron chi connectivity index (χ4n) is 3.17. The highest BCUT2D eigenvalue weighted by atomic mass is 15.1. The van der Waals surface area contributed by atoms with Crippen molar-refractivity contribution in [2.75, 3.05) is 20.1 Å². The quantitative estimate of drug-likeness (QED) is 0.742. The van der Waals surface area contributed by atoms with Gasteiger partial charge in [0, 0.05) is 31.2 Å². The first-order chi connectivity index (χ1) is 7.75. The van der Waals surface area contributed by atoms with Crippen molar-refractivity contribution in [1.29, 1.82) is 0 Å². The van der Waals surface area contributed by atoms with Gasteiger partial charge in [0.1, 0.15) is 0 Å². The van der Waals surface area contributed by atoms with Crippen molar-refractivity contribution in [2.45, 2.75) is 63.1 Å². The van der Waals surface area contributed by atoms with Crippen LogP contribution < -0.4 is 11.1 Å². The van der Waals surface area contributed by atoms with Gasteiger partial charge in [-0.15, -0.1) is 0 Å². The number of hydrogen-bond acceptors (Lipinski definition) is 3. The molecule has 0 heterocycles. The zero-order valence-corrected chi connectivity index (χ0v) is 10.6. The third-order valence-corrected chi connectivity index (χ3v) is 4.32. The van der Waals surface area contributed by atoms with Crippen LogP contribution >= 0.6 is 0 Å². The number of likely N-dealkylation sites (N-methyl/N-ethyl adjacent to an activating group) is 1. The minimum atomic E-state index is 0.449. The Morgan fingerprint density at radius 1 is 1.19 bits per heavy atom. The van der Waals surface area contributed by atoms with E-state index >= 15 is 0 Å². The Kier molecular flexibility index (Phi) is 4.62. The maximum absolute atomic E-state index is 5.91. The molecule has 0 aromatic heterocycles. The van der Waals surface area contributed by atoms with E-state index in [4.69, 9.17) is 5.73 Å². The summed E-state index contributed by atoms with van der Waals surface area (Å²) in [7, 11) is 2.28. The molecule has 2 atom stereocenters. The second-order valence-electron chi connectivity index (χ2n) is 5.64. The largest absolute Gasteiger partial charge is 0.328 e. The summed E-state index contributed by atoms with van der Waals surface area (Å²) < 4.78 is 0. The molecule has 0 aliphatic heterocycles. The summed E-state index contributed by atoms with van der Waals surface area (Å²) in [5, 5.41) is 3.64. The summed E-state index contributed by atoms with van der Waals surface area (Å²) in [5.41, 5.74) is 5.91. The number of nitrogens with one attached hydrogen (secondary N) is 1. The number of nitrogens with zero attached hydrogens (tertiary/aromatic N) is 1. The molecule has 0 amide bonds. The van der Waals surface area contributed by atoms with Crippen LogP contribution in [0.2, 0.25) is 0 Å². The predicted molar refractivity (Wildman–Crippen MR) is 68.5 cm³/mol. The molecule has 3 N–H and O–H groups in total. The van der Waals surface area contributed by atoms with Crippen molar-refractivity contribution in [2.24, 2.45) is 5.73 Å². The number of rotatable bonds is 5. The van der Waals surface area contributed by atoms with E-state index in [-0.39, 0.29) is 0 Å². The van der Waals surface area contributed by atoms with E-state index in [0.717, 1.165) is 12.6 Å². The van der Waals surface area contributed by atoms with Crippen LogP contribution in [-0.4, -0.2) is 43.2 Å². The number of hydrogen-bond donors (Lipinski definition) is 2. The molecule has 94 valence electrons. The maximum Gasteiger partial charge on any atom is 0.0107 e. The Balaban J connectivity index is 1.56. The molecule has 0 aromatic carbocycles. The van der Waals surface area contributed by atoms with Crippen molar-refractivity contribution in [3.05, 3.63) is 0 Å². The Labute approximate surface area is 99.8 Å². The highest BCUT2D eigenvalue weighted by Crippen LogP contribution is 2.22. The summed E-state index contributed by atoms with van der Waals surface area (Å²) in [6.45, 7) is 2.32. The molecule has 0 aromatic rings. The summed E-state index contributed by atoms with van der Waals surface area (Å²) in [5.74, 6) is 0. The van der Waals surface area contributed by atoms with Crippen LogP contribution in [0.4, 0.5) is 0 Å². The molecule has 2 aliphatic carbocycles. The SMILES string of the molecule is CN(CCNC1CCC(N)C1)C1CCCC1. The van der Waals surface area contributed by atoms with Gasteiger partial charge >= 0.3 is 0 Å². The molecule has 16 heavy (non-hydrogen) atoms. The monoisotopic (exact) mass is 225 g/mol. The van der Waals surface area contributed by atoms with Gasteiger partial charge < -0.3 is 16.0 Å². The van der Waals surface area contributed by atoms with Gasteiger partial charge in [0.25, 0.3) is 0 Å². The molecular weight excluding hydrogens is 198 g/mol. The van der Waals surface area contributed by atoms with Crippen molar-refractivity contribution in [3.63, 3.8) is 0 Å². The maximum atomic E-state index is 5.91. The highest BCUT2D eigenvalue weighted by molar-refractivity contribution is 4.83. The molecule has 2 unspecified atom stereocenters. The second kappa shape index (κ2) is 5.99. The lowest BCUT2D eigenvalue weighted by Gasteiger charge is -2.24. The Bertz CT molecular complexity index is 201. The van der Waals surface area contributed by atoms with Gasteiger partial charge in [-0.2, -0.15) is 0 Å². The Hall–Kier alpha value is -0.120. The minimum Gasteiger partial charge on any atom is -0.328 e. The molecule has 3 nitrogen and oxygen atoms in total. The standard InChI is InChI=1S/C13H27N3/c1-16(13-4-2-3-5-13)9-8-15-12-7-6-11(14)10-12/h11-13,15H,2-10,14H2,1H3. The molecule has 2 fully saturated rings. The van der Waals surface area contributed by atoms with Crippen molar-refractivity contribution < 1.29 is 0 Å². The summed E-state index contributed by atoms with van der Waals surface area (Å²) >= 11 is 0. The average Bonchev–Trinajstić information content (AvgIpc) is 2.89. The first kappa shape index (κ1) is 12.3. The van der Waals surface area contributed by atoms with Crippen LogP contribution in [0.1, 0.15) is 44.9 Å². The van der Waals surface area contributed by atoms with Gasteiger partial charge in [0.2, 0.25) is 0 Å². The lowest BCUT2D eigenvalue weighted by molar-refractivity contribution is 0.242. The normalized spacial score (nSPS) is 31.7. The van der Waals surface area contributed by atoms with Crippen LogP contribution in [-0.2, 0) is 0 Å². The molecule has 2 rings (SSSR count). The van der Waals surface area contributed by atoms with E-state index in [1.165, 1.54) is 51.5 Å². The van der Waals surface area contributed by atoms with Crippen molar-refractivity contribution >= 4 is 0 Å². The van der Waals surface area contributed by atoms with E-state index in [1.807, 2.05) is 0 Å². The second-order valence-corrected chi connectivity index (χ2v) is 5.64. The van der Waals surface area contributed by atoms with E-state index in [1.54, 1.807) is 0 Å². The molecule has 0 spiro atoms. The fourth-order valence-corrected chi connectivity index (χ4v) is 3.17. The van der Waals surface area contributed by atoms with Crippen LogP contribution in [0, 0.1) is 0 Å². The third-order valence-electron chi connectivity index (χ3n) is 4.32. The Morgan fingerprint density at radius 3 is 2.56 bits per heavy atom. The first-order valence-electron chi connectivity index (χ1n) is 6.95. The van der Waals surface area contributed by atoms with Gasteiger partial charge in [0.15, 0.2) is 0 Å². The lowest BCUT2D eigenvalue weighted by atomic mass is 10.2. The average molecular weight is 225 g/mol. The van der Waals surface area contributed by atoms with E-state index in [2.05, 4.69) is 17.3 Å². The fraction of sp³-hybridized carbons (Fsp3) is 1.00. The van der Waals surface area contributed by atoms with Gasteiger partial charge in [-0.05, 0) is 39.2 Å². The number of nitrogens with two attached hydrogens (primary N) is 1. The topological polar surface area (TPSA) is 41.3 Å². The predicted octanol–water partition coefficient (Wildman–Crippen LogP) is 1.33.